The normalized spacial score (nSPS) is 19.6. The van der Waals surface area contributed by atoms with E-state index in [4.69, 9.17) is 0 Å². The summed E-state index contributed by atoms with van der Waals surface area (Å²) in [4.78, 5) is 45.5. The lowest BCUT2D eigenvalue weighted by Crippen LogP contribution is -2.76. The van der Waals surface area contributed by atoms with Crippen LogP contribution < -0.4 is 5.32 Å². The molecule has 11 heteroatoms. The second-order valence-electron chi connectivity index (χ2n) is 11.1. The van der Waals surface area contributed by atoms with Gasteiger partial charge in [0, 0.05) is 24.9 Å². The number of amides is 4. The highest BCUT2D eigenvalue weighted by molar-refractivity contribution is 5.92. The number of urea groups is 1. The number of hydrogen-bond donors (Lipinski definition) is 3. The highest BCUT2D eigenvalue weighted by atomic mass is 16.3. The fourth-order valence-corrected chi connectivity index (χ4v) is 6.24. The Bertz CT molecular complexity index is 1670. The van der Waals surface area contributed by atoms with Crippen molar-refractivity contribution in [3.8, 4) is 5.75 Å². The molecule has 0 radical (unpaired) electrons. The van der Waals surface area contributed by atoms with Gasteiger partial charge in [-0.1, -0.05) is 60.7 Å². The molecule has 0 saturated carbocycles. The summed E-state index contributed by atoms with van der Waals surface area (Å²) in [7, 11) is 0. The Morgan fingerprint density at radius 2 is 1.86 bits per heavy atom. The standard InChI is InChI=1S/C33H35N7O4/c1-3-16-37-21-31(42)39-29(17-23-12-14-25(41)15-13-23)32(43)38(22(2)26-10-7-11-28-27(26)19-35-36-28)20-30(39)40(37)33(44)34-18-24-8-5-4-6-9-24/h3-15,19,22,29-30,41H,1,16-18,20-21H2,2H3,(H,34,44)(H,35,36). The van der Waals surface area contributed by atoms with E-state index in [1.807, 2.05) is 55.5 Å². The van der Waals surface area contributed by atoms with Gasteiger partial charge in [-0.15, -0.1) is 6.58 Å². The van der Waals surface area contributed by atoms with Gasteiger partial charge in [-0.2, -0.15) is 5.10 Å². The van der Waals surface area contributed by atoms with Crippen molar-refractivity contribution in [1.82, 2.24) is 35.3 Å². The number of hydrazine groups is 1. The number of rotatable bonds is 8. The molecule has 44 heavy (non-hydrogen) atoms. The average Bonchev–Trinajstić information content (AvgIpc) is 3.52. The molecule has 0 bridgehead atoms. The molecule has 2 aliphatic rings. The van der Waals surface area contributed by atoms with Gasteiger partial charge in [0.2, 0.25) is 11.8 Å². The van der Waals surface area contributed by atoms with E-state index in [2.05, 4.69) is 22.1 Å². The number of aromatic hydroxyl groups is 1. The van der Waals surface area contributed by atoms with Crippen LogP contribution in [0.4, 0.5) is 4.79 Å². The van der Waals surface area contributed by atoms with Gasteiger partial charge >= 0.3 is 6.03 Å². The number of phenolic OH excluding ortho intramolecular Hbond substituents is 1. The van der Waals surface area contributed by atoms with Crippen LogP contribution in [0, 0.1) is 0 Å². The summed E-state index contributed by atoms with van der Waals surface area (Å²) in [6.07, 6.45) is 2.86. The van der Waals surface area contributed by atoms with Crippen LogP contribution in [0.25, 0.3) is 10.9 Å². The maximum atomic E-state index is 14.4. The largest absolute Gasteiger partial charge is 0.508 e. The number of H-pyrrole nitrogens is 1. The van der Waals surface area contributed by atoms with Crippen LogP contribution in [0.1, 0.15) is 29.7 Å². The molecule has 4 aromatic rings. The maximum absolute atomic E-state index is 14.4. The topological polar surface area (TPSA) is 125 Å². The lowest BCUT2D eigenvalue weighted by molar-refractivity contribution is -0.191. The zero-order valence-electron chi connectivity index (χ0n) is 24.5. The van der Waals surface area contributed by atoms with Crippen LogP contribution in [0.2, 0.25) is 0 Å². The highest BCUT2D eigenvalue weighted by Gasteiger charge is 2.52. The summed E-state index contributed by atoms with van der Waals surface area (Å²) < 4.78 is 0. The third-order valence-electron chi connectivity index (χ3n) is 8.41. The van der Waals surface area contributed by atoms with Gasteiger partial charge in [-0.25, -0.2) is 14.8 Å². The van der Waals surface area contributed by atoms with Gasteiger partial charge in [-0.3, -0.25) is 14.7 Å². The molecule has 226 valence electrons. The predicted molar refractivity (Wildman–Crippen MR) is 165 cm³/mol. The number of benzene rings is 3. The van der Waals surface area contributed by atoms with E-state index in [1.165, 1.54) is 0 Å². The number of phenols is 1. The van der Waals surface area contributed by atoms with Crippen LogP contribution in [-0.4, -0.2) is 84.8 Å². The first-order valence-corrected chi connectivity index (χ1v) is 14.6. The number of piperazine rings is 1. The Balaban J connectivity index is 1.39. The van der Waals surface area contributed by atoms with Crippen LogP contribution >= 0.6 is 0 Å². The van der Waals surface area contributed by atoms with Crippen molar-refractivity contribution in [3.05, 3.63) is 108 Å². The summed E-state index contributed by atoms with van der Waals surface area (Å²) in [5.41, 5.74) is 3.49. The van der Waals surface area contributed by atoms with Gasteiger partial charge in [-0.05, 0) is 41.8 Å². The first-order chi connectivity index (χ1) is 21.4. The molecule has 0 aliphatic carbocycles. The van der Waals surface area contributed by atoms with Gasteiger partial charge < -0.3 is 20.2 Å². The highest BCUT2D eigenvalue weighted by Crippen LogP contribution is 2.35. The van der Waals surface area contributed by atoms with Crippen LogP contribution in [0.15, 0.2) is 91.6 Å². The molecule has 1 aromatic heterocycles. The molecule has 4 amide bonds. The Kier molecular flexibility index (Phi) is 8.03. The molecule has 3 aromatic carbocycles. The Labute approximate surface area is 255 Å². The van der Waals surface area contributed by atoms with Crippen molar-refractivity contribution < 1.29 is 19.5 Å². The number of nitrogens with one attached hydrogen (secondary N) is 2. The monoisotopic (exact) mass is 593 g/mol. The van der Waals surface area contributed by atoms with Crippen molar-refractivity contribution in [3.63, 3.8) is 0 Å². The Hall–Kier alpha value is -5.16. The molecular formula is C33H35N7O4. The molecule has 3 N–H and O–H groups in total. The molecule has 3 atom stereocenters. The third-order valence-corrected chi connectivity index (χ3v) is 8.41. The van der Waals surface area contributed by atoms with E-state index in [0.717, 1.165) is 27.6 Å². The van der Waals surface area contributed by atoms with Gasteiger partial charge in [0.15, 0.2) is 0 Å². The average molecular weight is 594 g/mol. The summed E-state index contributed by atoms with van der Waals surface area (Å²) >= 11 is 0. The molecule has 11 nitrogen and oxygen atoms in total. The minimum absolute atomic E-state index is 0.0789. The van der Waals surface area contributed by atoms with Crippen molar-refractivity contribution in [2.45, 2.75) is 38.1 Å². The summed E-state index contributed by atoms with van der Waals surface area (Å²) in [6.45, 7) is 6.41. The number of aromatic amines is 1. The molecule has 3 heterocycles. The predicted octanol–water partition coefficient (Wildman–Crippen LogP) is 3.57. The minimum Gasteiger partial charge on any atom is -0.508 e. The van der Waals surface area contributed by atoms with Crippen LogP contribution in [0.3, 0.4) is 0 Å². The lowest BCUT2D eigenvalue weighted by atomic mass is 9.95. The number of nitrogens with zero attached hydrogens (tertiary/aromatic N) is 5. The maximum Gasteiger partial charge on any atom is 0.334 e. The summed E-state index contributed by atoms with van der Waals surface area (Å²) in [6, 6.07) is 20.4. The summed E-state index contributed by atoms with van der Waals surface area (Å²) in [5, 5.41) is 24.2. The summed E-state index contributed by atoms with van der Waals surface area (Å²) in [5.74, 6) is -0.344. The van der Waals surface area contributed by atoms with Crippen molar-refractivity contribution in [2.24, 2.45) is 0 Å². The first-order valence-electron chi connectivity index (χ1n) is 14.6. The fraction of sp³-hybridized carbons (Fsp3) is 0.273. The van der Waals surface area contributed by atoms with E-state index in [9.17, 15) is 19.5 Å². The van der Waals surface area contributed by atoms with Gasteiger partial charge in [0.1, 0.15) is 18.0 Å². The van der Waals surface area contributed by atoms with Gasteiger partial charge in [0.05, 0.1) is 30.8 Å². The molecule has 3 unspecified atom stereocenters. The molecule has 2 fully saturated rings. The number of fused-ring (bicyclic) bond motifs is 2. The molecule has 2 saturated heterocycles. The Morgan fingerprint density at radius 3 is 2.61 bits per heavy atom. The van der Waals surface area contributed by atoms with E-state index < -0.39 is 12.2 Å². The fourth-order valence-electron chi connectivity index (χ4n) is 6.24. The second kappa shape index (κ2) is 12.2. The zero-order chi connectivity index (χ0) is 30.8. The van der Waals surface area contributed by atoms with Gasteiger partial charge in [0.25, 0.3) is 0 Å². The number of aromatic nitrogens is 2. The van der Waals surface area contributed by atoms with E-state index in [-0.39, 0.29) is 55.7 Å². The van der Waals surface area contributed by atoms with Crippen molar-refractivity contribution >= 4 is 28.7 Å². The van der Waals surface area contributed by atoms with Crippen LogP contribution in [0.5, 0.6) is 5.75 Å². The molecule has 6 rings (SSSR count). The lowest BCUT2D eigenvalue weighted by Gasteiger charge is -2.56. The Morgan fingerprint density at radius 1 is 1.09 bits per heavy atom. The van der Waals surface area contributed by atoms with Crippen molar-refractivity contribution in [1.29, 1.82) is 0 Å². The van der Waals surface area contributed by atoms with E-state index in [1.54, 1.807) is 56.4 Å². The number of hydrogen-bond acceptors (Lipinski definition) is 6. The zero-order valence-corrected chi connectivity index (χ0v) is 24.5. The second-order valence-corrected chi connectivity index (χ2v) is 11.1. The molecule has 0 spiro atoms. The third kappa shape index (κ3) is 5.49. The minimum atomic E-state index is -0.868. The smallest absolute Gasteiger partial charge is 0.334 e. The number of carbonyl (C=O) groups excluding carboxylic acids is 3. The van der Waals surface area contributed by atoms with Crippen molar-refractivity contribution in [2.75, 3.05) is 19.6 Å². The SMILES string of the molecule is C=CCN1CC(=O)N2C(Cc3ccc(O)cc3)C(=O)N(C(C)c3cccc4[nH]ncc34)CC2N1C(=O)NCc1ccccc1. The van der Waals surface area contributed by atoms with Crippen LogP contribution in [-0.2, 0) is 22.6 Å². The van der Waals surface area contributed by atoms with E-state index in [0.29, 0.717) is 6.54 Å². The quantitative estimate of drug-likeness (QED) is 0.269. The molecular weight excluding hydrogens is 558 g/mol. The number of carbonyl (C=O) groups is 3. The molecule has 2 aliphatic heterocycles. The first kappa shape index (κ1) is 28.9. The van der Waals surface area contributed by atoms with E-state index >= 15 is 0 Å².